The van der Waals surface area contributed by atoms with Crippen molar-refractivity contribution in [2.75, 3.05) is 6.61 Å². The molecule has 8 unspecified atom stereocenters. The van der Waals surface area contributed by atoms with Crippen molar-refractivity contribution in [2.24, 2.45) is 47.2 Å². The second-order valence-electron chi connectivity index (χ2n) is 9.90. The van der Waals surface area contributed by atoms with Crippen LogP contribution in [0, 0.1) is 41.4 Å². The predicted octanol–water partition coefficient (Wildman–Crippen LogP) is 5.34. The first-order valence-electron chi connectivity index (χ1n) is 11.0. The Morgan fingerprint density at radius 1 is 1.08 bits per heavy atom. The molecule has 2 radical (unpaired) electrons. The third-order valence-electron chi connectivity index (χ3n) is 7.04. The molecule has 2 rings (SSSR count). The Hall–Kier alpha value is -0.0151. The van der Waals surface area contributed by atoms with Gasteiger partial charge in [-0.1, -0.05) is 46.5 Å². The van der Waals surface area contributed by atoms with E-state index in [1.165, 1.54) is 57.8 Å². The van der Waals surface area contributed by atoms with E-state index >= 15 is 0 Å². The molecule has 144 valence electrons. The molecule has 2 fully saturated rings. The fraction of sp³-hybridized carbons (Fsp3) is 1.00. The van der Waals surface area contributed by atoms with Crippen LogP contribution >= 0.6 is 0 Å². The average Bonchev–Trinajstić information content (AvgIpc) is 3.29. The predicted molar refractivity (Wildman–Crippen MR) is 108 cm³/mol. The van der Waals surface area contributed by atoms with Crippen molar-refractivity contribution in [3.8, 4) is 0 Å². The van der Waals surface area contributed by atoms with E-state index in [0.717, 1.165) is 35.5 Å². The lowest BCUT2D eigenvalue weighted by Crippen LogP contribution is -2.21. The topological polar surface area (TPSA) is 35.2 Å². The van der Waals surface area contributed by atoms with Gasteiger partial charge in [0, 0.05) is 12.6 Å². The van der Waals surface area contributed by atoms with Crippen molar-refractivity contribution in [1.82, 2.24) is 0 Å². The Balaban J connectivity index is 1.84. The molecule has 8 atom stereocenters. The van der Waals surface area contributed by atoms with E-state index in [4.69, 9.17) is 18.4 Å². The monoisotopic (exact) mass is 347 g/mol. The van der Waals surface area contributed by atoms with Crippen LogP contribution in [0.2, 0.25) is 0 Å². The summed E-state index contributed by atoms with van der Waals surface area (Å²) in [6, 6.07) is 0.358. The third-order valence-corrected chi connectivity index (χ3v) is 7.04. The van der Waals surface area contributed by atoms with Crippen LogP contribution in [0.15, 0.2) is 0 Å². The summed E-state index contributed by atoms with van der Waals surface area (Å²) in [6.45, 7) is 10.0. The van der Waals surface area contributed by atoms with E-state index in [9.17, 15) is 0 Å². The SMILES string of the molecule is [B]OCC(C)CC(C)C1CC1C1CCCC(C)CC(CC(C)N)CC1. The normalized spacial score (nSPS) is 37.4. The first-order chi connectivity index (χ1) is 11.9. The standard InChI is InChI=1S/C22H42BNO/c1-15-6-5-7-20(9-8-19(11-15)12-18(4)24)22-13-21(22)17(3)10-16(2)14-25-23/h15-22H,5-14,24H2,1-4H3. The van der Waals surface area contributed by atoms with Gasteiger partial charge in [0.1, 0.15) is 0 Å². The molecular formula is C22H42BNO. The number of hydrogen-bond donors (Lipinski definition) is 1. The van der Waals surface area contributed by atoms with Gasteiger partial charge in [-0.3, -0.25) is 0 Å². The van der Waals surface area contributed by atoms with Crippen molar-refractivity contribution in [2.45, 2.75) is 91.5 Å². The van der Waals surface area contributed by atoms with Crippen molar-refractivity contribution in [3.05, 3.63) is 0 Å². The van der Waals surface area contributed by atoms with Gasteiger partial charge in [-0.15, -0.1) is 0 Å². The van der Waals surface area contributed by atoms with E-state index in [0.29, 0.717) is 18.6 Å². The summed E-state index contributed by atoms with van der Waals surface area (Å²) in [5.74, 6) is 6.05. The minimum Gasteiger partial charge on any atom is -0.447 e. The summed E-state index contributed by atoms with van der Waals surface area (Å²) in [7, 11) is 5.24. The van der Waals surface area contributed by atoms with Crippen LogP contribution < -0.4 is 5.73 Å². The molecule has 0 saturated heterocycles. The fourth-order valence-electron chi connectivity index (χ4n) is 5.77. The first kappa shape index (κ1) is 21.3. The molecular weight excluding hydrogens is 305 g/mol. The summed E-state index contributed by atoms with van der Waals surface area (Å²) < 4.78 is 4.84. The van der Waals surface area contributed by atoms with E-state index in [-0.39, 0.29) is 0 Å². The largest absolute Gasteiger partial charge is 0.447 e. The van der Waals surface area contributed by atoms with Gasteiger partial charge in [0.15, 0.2) is 0 Å². The number of hydrogen-bond acceptors (Lipinski definition) is 2. The zero-order valence-corrected chi connectivity index (χ0v) is 17.3. The minimum absolute atomic E-state index is 0.358. The molecule has 0 bridgehead atoms. The van der Waals surface area contributed by atoms with E-state index in [1.54, 1.807) is 0 Å². The van der Waals surface area contributed by atoms with Crippen LogP contribution in [0.3, 0.4) is 0 Å². The molecule has 0 spiro atoms. The maximum Gasteiger partial charge on any atom is 0.282 e. The molecule has 2 nitrogen and oxygen atoms in total. The van der Waals surface area contributed by atoms with Crippen molar-refractivity contribution in [1.29, 1.82) is 0 Å². The summed E-state index contributed by atoms with van der Waals surface area (Å²) >= 11 is 0. The van der Waals surface area contributed by atoms with E-state index in [1.807, 2.05) is 0 Å². The number of nitrogens with two attached hydrogens (primary N) is 1. The van der Waals surface area contributed by atoms with Crippen molar-refractivity contribution >= 4 is 8.05 Å². The summed E-state index contributed by atoms with van der Waals surface area (Å²) in [5.41, 5.74) is 6.12. The molecule has 2 N–H and O–H groups in total. The molecule has 2 aliphatic rings. The van der Waals surface area contributed by atoms with Gasteiger partial charge in [0.2, 0.25) is 0 Å². The van der Waals surface area contributed by atoms with Crippen LogP contribution in [0.5, 0.6) is 0 Å². The second-order valence-corrected chi connectivity index (χ2v) is 9.90. The highest BCUT2D eigenvalue weighted by atomic mass is 16.4. The van der Waals surface area contributed by atoms with Crippen LogP contribution in [0.1, 0.15) is 85.5 Å². The number of rotatable bonds is 8. The van der Waals surface area contributed by atoms with E-state index in [2.05, 4.69) is 27.7 Å². The van der Waals surface area contributed by atoms with Gasteiger partial charge in [-0.05, 0) is 80.5 Å². The molecule has 0 aromatic heterocycles. The van der Waals surface area contributed by atoms with Crippen LogP contribution in [-0.4, -0.2) is 20.7 Å². The molecule has 0 aliphatic heterocycles. The average molecular weight is 347 g/mol. The van der Waals surface area contributed by atoms with Crippen LogP contribution in [-0.2, 0) is 4.65 Å². The maximum atomic E-state index is 6.12. The van der Waals surface area contributed by atoms with Crippen molar-refractivity contribution in [3.63, 3.8) is 0 Å². The molecule has 0 aromatic carbocycles. The zero-order valence-electron chi connectivity index (χ0n) is 17.3. The summed E-state index contributed by atoms with van der Waals surface area (Å²) in [4.78, 5) is 0. The van der Waals surface area contributed by atoms with Gasteiger partial charge < -0.3 is 10.4 Å². The highest BCUT2D eigenvalue weighted by molar-refractivity contribution is 5.97. The molecule has 0 aromatic rings. The summed E-state index contributed by atoms with van der Waals surface area (Å²) in [6.07, 6.45) is 12.5. The van der Waals surface area contributed by atoms with Gasteiger partial charge in [-0.25, -0.2) is 0 Å². The molecule has 2 saturated carbocycles. The Bertz CT molecular complexity index is 375. The Labute approximate surface area is 158 Å². The van der Waals surface area contributed by atoms with Gasteiger partial charge in [-0.2, -0.15) is 0 Å². The maximum absolute atomic E-state index is 6.12. The molecule has 3 heteroatoms. The van der Waals surface area contributed by atoms with E-state index < -0.39 is 0 Å². The van der Waals surface area contributed by atoms with Gasteiger partial charge >= 0.3 is 0 Å². The minimum atomic E-state index is 0.358. The first-order valence-corrected chi connectivity index (χ1v) is 11.0. The third kappa shape index (κ3) is 7.25. The molecule has 2 aliphatic carbocycles. The highest BCUT2D eigenvalue weighted by Gasteiger charge is 2.45. The fourth-order valence-corrected chi connectivity index (χ4v) is 5.77. The lowest BCUT2D eigenvalue weighted by Gasteiger charge is -2.23. The smallest absolute Gasteiger partial charge is 0.282 e. The second kappa shape index (κ2) is 10.4. The summed E-state index contributed by atoms with van der Waals surface area (Å²) in [5, 5.41) is 0. The van der Waals surface area contributed by atoms with Crippen LogP contribution in [0.25, 0.3) is 0 Å². The molecule has 0 amide bonds. The van der Waals surface area contributed by atoms with Gasteiger partial charge in [0.05, 0.1) is 0 Å². The van der Waals surface area contributed by atoms with Gasteiger partial charge in [0.25, 0.3) is 8.05 Å². The molecule has 25 heavy (non-hydrogen) atoms. The lowest BCUT2D eigenvalue weighted by atomic mass is 9.83. The zero-order chi connectivity index (χ0) is 18.4. The van der Waals surface area contributed by atoms with Crippen molar-refractivity contribution < 1.29 is 4.65 Å². The lowest BCUT2D eigenvalue weighted by molar-refractivity contribution is 0.235. The Morgan fingerprint density at radius 3 is 2.52 bits per heavy atom. The Morgan fingerprint density at radius 2 is 1.84 bits per heavy atom. The Kier molecular flexibility index (Phi) is 8.82. The quantitative estimate of drug-likeness (QED) is 0.601. The van der Waals surface area contributed by atoms with Crippen LogP contribution in [0.4, 0.5) is 0 Å². The highest BCUT2D eigenvalue weighted by Crippen LogP contribution is 2.53. The molecule has 0 heterocycles.